The molecule has 2 aromatic carbocycles. The minimum atomic E-state index is 0.191. The molecule has 110 valence electrons. The third kappa shape index (κ3) is 6.04. The summed E-state index contributed by atoms with van der Waals surface area (Å²) in [4.78, 5) is 0. The predicted molar refractivity (Wildman–Crippen MR) is 83.8 cm³/mol. The number of epoxide rings is 1. The van der Waals surface area contributed by atoms with E-state index in [9.17, 15) is 0 Å². The first-order valence-corrected chi connectivity index (χ1v) is 6.93. The molecule has 0 amide bonds. The smallest absolute Gasteiger partial charge is 0.144 e. The van der Waals surface area contributed by atoms with Crippen molar-refractivity contribution in [3.63, 3.8) is 0 Å². The first kappa shape index (κ1) is 15.0. The molecule has 0 radical (unpaired) electrons. The van der Waals surface area contributed by atoms with Crippen LogP contribution >= 0.6 is 0 Å². The van der Waals surface area contributed by atoms with E-state index < -0.39 is 0 Å². The van der Waals surface area contributed by atoms with Crippen molar-refractivity contribution >= 4 is 0 Å². The molecule has 1 fully saturated rings. The largest absolute Gasteiger partial charge is 0.491 e. The molecule has 21 heavy (non-hydrogen) atoms. The molecular weight excluding hydrogens is 264 g/mol. The van der Waals surface area contributed by atoms with Crippen molar-refractivity contribution < 1.29 is 14.2 Å². The molecule has 2 aromatic rings. The molecule has 3 nitrogen and oxygen atoms in total. The fourth-order valence-corrected chi connectivity index (χ4v) is 1.53. The Hall–Kier alpha value is -2.42. The van der Waals surface area contributed by atoms with E-state index in [0.29, 0.717) is 0 Å². The van der Waals surface area contributed by atoms with Gasteiger partial charge in [-0.3, -0.25) is 0 Å². The SMILES string of the molecule is C=C1CO1.CC(C)Oc1ccc(Oc2ccccc2)cc1. The average molecular weight is 284 g/mol. The van der Waals surface area contributed by atoms with Crippen LogP contribution in [-0.4, -0.2) is 12.7 Å². The Morgan fingerprint density at radius 3 is 1.86 bits per heavy atom. The van der Waals surface area contributed by atoms with Gasteiger partial charge >= 0.3 is 0 Å². The lowest BCUT2D eigenvalue weighted by Gasteiger charge is -2.10. The van der Waals surface area contributed by atoms with E-state index in [2.05, 4.69) is 11.3 Å². The van der Waals surface area contributed by atoms with E-state index >= 15 is 0 Å². The first-order chi connectivity index (χ1) is 10.1. The zero-order chi connectivity index (χ0) is 15.1. The molecule has 1 saturated heterocycles. The van der Waals surface area contributed by atoms with E-state index in [0.717, 1.165) is 29.6 Å². The third-order valence-electron chi connectivity index (χ3n) is 2.52. The third-order valence-corrected chi connectivity index (χ3v) is 2.52. The predicted octanol–water partition coefficient (Wildman–Crippen LogP) is 4.80. The minimum absolute atomic E-state index is 0.191. The Bertz CT molecular complexity index is 553. The van der Waals surface area contributed by atoms with Gasteiger partial charge in [-0.05, 0) is 50.2 Å². The number of para-hydroxylation sites is 1. The van der Waals surface area contributed by atoms with Gasteiger partial charge in [0, 0.05) is 0 Å². The van der Waals surface area contributed by atoms with Gasteiger partial charge in [-0.15, -0.1) is 0 Å². The molecule has 0 saturated carbocycles. The van der Waals surface area contributed by atoms with E-state index in [1.165, 1.54) is 0 Å². The standard InChI is InChI=1S/C15H16O2.C3H4O/c1-12(2)16-14-8-10-15(11-9-14)17-13-6-4-3-5-7-13;1-3-2-4-3/h3-12H,1-2H3;1-2H2. The van der Waals surface area contributed by atoms with Gasteiger partial charge in [0.15, 0.2) is 0 Å². The summed E-state index contributed by atoms with van der Waals surface area (Å²) in [6, 6.07) is 17.4. The van der Waals surface area contributed by atoms with Crippen LogP contribution in [0.4, 0.5) is 0 Å². The monoisotopic (exact) mass is 284 g/mol. The fourth-order valence-electron chi connectivity index (χ4n) is 1.53. The molecule has 3 heteroatoms. The van der Waals surface area contributed by atoms with Crippen molar-refractivity contribution in [1.82, 2.24) is 0 Å². The summed E-state index contributed by atoms with van der Waals surface area (Å²) in [5, 5.41) is 0. The van der Waals surface area contributed by atoms with Gasteiger partial charge in [0.2, 0.25) is 0 Å². The van der Waals surface area contributed by atoms with E-state index in [1.54, 1.807) is 0 Å². The normalized spacial score (nSPS) is 12.0. The summed E-state index contributed by atoms with van der Waals surface area (Å²) in [6.45, 7) is 8.25. The molecule has 0 atom stereocenters. The molecule has 3 rings (SSSR count). The highest BCUT2D eigenvalue weighted by molar-refractivity contribution is 5.35. The van der Waals surface area contributed by atoms with Gasteiger partial charge < -0.3 is 14.2 Å². The zero-order valence-electron chi connectivity index (χ0n) is 12.4. The Balaban J connectivity index is 0.000000347. The van der Waals surface area contributed by atoms with Crippen LogP contribution in [0.25, 0.3) is 0 Å². The van der Waals surface area contributed by atoms with Crippen LogP contribution in [0.3, 0.4) is 0 Å². The molecule has 0 N–H and O–H groups in total. The van der Waals surface area contributed by atoms with Crippen LogP contribution in [-0.2, 0) is 4.74 Å². The molecule has 1 heterocycles. The lowest BCUT2D eigenvalue weighted by molar-refractivity contribution is 0.242. The highest BCUT2D eigenvalue weighted by atomic mass is 16.6. The summed E-state index contributed by atoms with van der Waals surface area (Å²) in [7, 11) is 0. The second-order valence-corrected chi connectivity index (χ2v) is 4.88. The van der Waals surface area contributed by atoms with Crippen LogP contribution in [0.5, 0.6) is 17.2 Å². The maximum Gasteiger partial charge on any atom is 0.144 e. The number of rotatable bonds is 4. The molecule has 0 aromatic heterocycles. The van der Waals surface area contributed by atoms with Crippen molar-refractivity contribution in [3.8, 4) is 17.2 Å². The summed E-state index contributed by atoms with van der Waals surface area (Å²) in [5.41, 5.74) is 0. The van der Waals surface area contributed by atoms with Gasteiger partial charge in [0.1, 0.15) is 29.6 Å². The molecular formula is C18H20O3. The van der Waals surface area contributed by atoms with Crippen molar-refractivity contribution in [3.05, 3.63) is 66.9 Å². The molecule has 0 unspecified atom stereocenters. The van der Waals surface area contributed by atoms with Crippen LogP contribution in [0, 0.1) is 0 Å². The molecule has 0 bridgehead atoms. The maximum absolute atomic E-state index is 5.68. The van der Waals surface area contributed by atoms with Crippen LogP contribution in [0.1, 0.15) is 13.8 Å². The highest BCUT2D eigenvalue weighted by Gasteiger charge is 2.05. The first-order valence-electron chi connectivity index (χ1n) is 6.93. The molecule has 0 aliphatic carbocycles. The quantitative estimate of drug-likeness (QED) is 0.756. The number of ether oxygens (including phenoxy) is 3. The molecule has 1 aliphatic heterocycles. The molecule has 0 spiro atoms. The van der Waals surface area contributed by atoms with Gasteiger partial charge in [-0.2, -0.15) is 0 Å². The summed E-state index contributed by atoms with van der Waals surface area (Å²) >= 11 is 0. The van der Waals surface area contributed by atoms with Crippen molar-refractivity contribution in [2.24, 2.45) is 0 Å². The van der Waals surface area contributed by atoms with Gasteiger partial charge in [0.25, 0.3) is 0 Å². The van der Waals surface area contributed by atoms with E-state index in [-0.39, 0.29) is 6.10 Å². The number of hydrogen-bond donors (Lipinski definition) is 0. The van der Waals surface area contributed by atoms with Crippen molar-refractivity contribution in [2.45, 2.75) is 20.0 Å². The van der Waals surface area contributed by atoms with Gasteiger partial charge in [-0.1, -0.05) is 24.8 Å². The Morgan fingerprint density at radius 1 is 0.905 bits per heavy atom. The zero-order valence-corrected chi connectivity index (χ0v) is 12.4. The van der Waals surface area contributed by atoms with Crippen LogP contribution in [0.15, 0.2) is 66.9 Å². The van der Waals surface area contributed by atoms with Gasteiger partial charge in [0.05, 0.1) is 6.10 Å². The lowest BCUT2D eigenvalue weighted by Crippen LogP contribution is -2.05. The Kier molecular flexibility index (Phi) is 5.27. The van der Waals surface area contributed by atoms with Crippen LogP contribution in [0.2, 0.25) is 0 Å². The number of hydrogen-bond acceptors (Lipinski definition) is 3. The second kappa shape index (κ2) is 7.39. The second-order valence-electron chi connectivity index (χ2n) is 4.88. The van der Waals surface area contributed by atoms with E-state index in [1.807, 2.05) is 68.4 Å². The maximum atomic E-state index is 5.68. The van der Waals surface area contributed by atoms with Gasteiger partial charge in [-0.25, -0.2) is 0 Å². The van der Waals surface area contributed by atoms with Crippen molar-refractivity contribution in [1.29, 1.82) is 0 Å². The average Bonchev–Trinajstić information content (AvgIpc) is 3.25. The summed E-state index contributed by atoms with van der Waals surface area (Å²) in [6.07, 6.45) is 0.191. The summed E-state index contributed by atoms with van der Waals surface area (Å²) < 4.78 is 15.8. The molecule has 1 aliphatic rings. The summed E-state index contributed by atoms with van der Waals surface area (Å²) in [5.74, 6) is 3.43. The van der Waals surface area contributed by atoms with Crippen molar-refractivity contribution in [2.75, 3.05) is 6.61 Å². The Morgan fingerprint density at radius 2 is 1.38 bits per heavy atom. The lowest BCUT2D eigenvalue weighted by atomic mass is 10.3. The highest BCUT2D eigenvalue weighted by Crippen LogP contribution is 2.23. The van der Waals surface area contributed by atoms with E-state index in [4.69, 9.17) is 9.47 Å². The topological polar surface area (TPSA) is 31.0 Å². The number of benzene rings is 2. The minimum Gasteiger partial charge on any atom is -0.491 e. The fraction of sp³-hybridized carbons (Fsp3) is 0.222. The Labute approximate surface area is 125 Å². The van der Waals surface area contributed by atoms with Crippen LogP contribution < -0.4 is 9.47 Å².